The summed E-state index contributed by atoms with van der Waals surface area (Å²) in [6.45, 7) is 4.11. The van der Waals surface area contributed by atoms with Crippen molar-refractivity contribution in [1.82, 2.24) is 15.2 Å². The van der Waals surface area contributed by atoms with Gasteiger partial charge in [-0.05, 0) is 24.3 Å². The van der Waals surface area contributed by atoms with E-state index in [4.69, 9.17) is 16.3 Å². The number of ether oxygens (including phenoxy) is 1. The lowest BCUT2D eigenvalue weighted by molar-refractivity contribution is -0.0129. The van der Waals surface area contributed by atoms with Gasteiger partial charge in [0.05, 0.1) is 18.8 Å². The fraction of sp³-hybridized carbons (Fsp3) is 0.600. The minimum atomic E-state index is -0.0892. The Morgan fingerprint density at radius 3 is 2.91 bits per heavy atom. The van der Waals surface area contributed by atoms with E-state index in [2.05, 4.69) is 15.2 Å². The molecule has 22 heavy (non-hydrogen) atoms. The van der Waals surface area contributed by atoms with Gasteiger partial charge in [-0.1, -0.05) is 11.6 Å². The van der Waals surface area contributed by atoms with E-state index in [1.807, 2.05) is 11.8 Å². The van der Waals surface area contributed by atoms with Crippen LogP contribution in [0.15, 0.2) is 18.3 Å². The third-order valence-electron chi connectivity index (χ3n) is 4.33. The van der Waals surface area contributed by atoms with Crippen molar-refractivity contribution in [3.63, 3.8) is 0 Å². The van der Waals surface area contributed by atoms with Crippen LogP contribution in [-0.2, 0) is 4.74 Å². The van der Waals surface area contributed by atoms with Crippen molar-refractivity contribution in [2.24, 2.45) is 0 Å². The van der Waals surface area contributed by atoms with Gasteiger partial charge in [0.2, 0.25) is 0 Å². The maximum absolute atomic E-state index is 12.3. The molecule has 0 aromatic carbocycles. The Hall–Kier alpha value is -0.820. The van der Waals surface area contributed by atoms with Gasteiger partial charge in [0, 0.05) is 37.1 Å². The number of thioether (sulfide) groups is 1. The van der Waals surface area contributed by atoms with Crippen molar-refractivity contribution in [3.05, 3.63) is 29.0 Å². The molecule has 1 amide bonds. The Morgan fingerprint density at radius 2 is 2.27 bits per heavy atom. The van der Waals surface area contributed by atoms with Crippen LogP contribution in [-0.4, -0.2) is 65.7 Å². The number of morpholine rings is 1. The molecule has 1 atom stereocenters. The zero-order chi connectivity index (χ0) is 15.4. The van der Waals surface area contributed by atoms with E-state index in [9.17, 15) is 4.79 Å². The molecular weight excluding hydrogens is 322 g/mol. The number of halogens is 1. The van der Waals surface area contributed by atoms with Crippen LogP contribution in [0.5, 0.6) is 0 Å². The number of hydrogen-bond donors (Lipinski definition) is 1. The number of rotatable bonds is 4. The molecule has 3 heterocycles. The van der Waals surface area contributed by atoms with Crippen LogP contribution in [0.3, 0.4) is 0 Å². The molecule has 5 nitrogen and oxygen atoms in total. The summed E-state index contributed by atoms with van der Waals surface area (Å²) >= 11 is 7.72. The summed E-state index contributed by atoms with van der Waals surface area (Å²) in [5.41, 5.74) is 0.608. The van der Waals surface area contributed by atoms with E-state index < -0.39 is 0 Å². The van der Waals surface area contributed by atoms with Gasteiger partial charge in [-0.2, -0.15) is 11.8 Å². The normalized spacial score (nSPS) is 26.0. The quantitative estimate of drug-likeness (QED) is 0.844. The van der Waals surface area contributed by atoms with Crippen molar-refractivity contribution in [1.29, 1.82) is 0 Å². The summed E-state index contributed by atoms with van der Waals surface area (Å²) in [6.07, 6.45) is 2.62. The van der Waals surface area contributed by atoms with Crippen LogP contribution in [0.1, 0.15) is 16.8 Å². The molecule has 0 aliphatic carbocycles. The Morgan fingerprint density at radius 1 is 1.45 bits per heavy atom. The number of aromatic nitrogens is 1. The number of carbonyl (C=O) groups is 1. The van der Waals surface area contributed by atoms with Gasteiger partial charge in [-0.15, -0.1) is 0 Å². The molecule has 7 heteroatoms. The number of hydrogen-bond acceptors (Lipinski definition) is 5. The summed E-state index contributed by atoms with van der Waals surface area (Å²) in [7, 11) is 0. The molecule has 0 unspecified atom stereocenters. The molecule has 0 bridgehead atoms. The van der Waals surface area contributed by atoms with Gasteiger partial charge >= 0.3 is 0 Å². The van der Waals surface area contributed by atoms with Gasteiger partial charge in [-0.3, -0.25) is 9.69 Å². The predicted octanol–water partition coefficient (Wildman–Crippen LogP) is 1.67. The molecule has 1 aromatic rings. The fourth-order valence-electron chi connectivity index (χ4n) is 2.99. The minimum absolute atomic E-state index is 0.0595. The third kappa shape index (κ3) is 3.56. The predicted molar refractivity (Wildman–Crippen MR) is 88.6 cm³/mol. The highest BCUT2D eigenvalue weighted by Crippen LogP contribution is 2.33. The van der Waals surface area contributed by atoms with Gasteiger partial charge in [-0.25, -0.2) is 4.98 Å². The second-order valence-electron chi connectivity index (χ2n) is 5.68. The van der Waals surface area contributed by atoms with E-state index in [-0.39, 0.29) is 11.4 Å². The Bertz CT molecular complexity index is 514. The number of nitrogens with zero attached hydrogens (tertiary/aromatic N) is 2. The zero-order valence-electron chi connectivity index (χ0n) is 12.4. The molecule has 120 valence electrons. The van der Waals surface area contributed by atoms with Crippen LogP contribution in [0.4, 0.5) is 0 Å². The maximum atomic E-state index is 12.3. The van der Waals surface area contributed by atoms with Crippen molar-refractivity contribution in [2.45, 2.75) is 12.0 Å². The highest BCUT2D eigenvalue weighted by Gasteiger charge is 2.40. The number of carbonyl (C=O) groups excluding carboxylic acids is 1. The van der Waals surface area contributed by atoms with Gasteiger partial charge in [0.15, 0.2) is 0 Å². The smallest absolute Gasteiger partial charge is 0.252 e. The Balaban J connectivity index is 1.64. The molecule has 2 fully saturated rings. The number of pyridine rings is 1. The lowest BCUT2D eigenvalue weighted by Crippen LogP contribution is -2.59. The van der Waals surface area contributed by atoms with Crippen LogP contribution in [0.25, 0.3) is 0 Å². The standard InChI is InChI=1S/C15H20ClN3O2S/c16-13-2-1-12(9-17-13)14(20)18-10-15(3-8-22-11-15)19-4-6-21-7-5-19/h1-2,9H,3-8,10-11H2,(H,18,20)/t15-/m1/s1. The van der Waals surface area contributed by atoms with Crippen molar-refractivity contribution in [3.8, 4) is 0 Å². The lowest BCUT2D eigenvalue weighted by atomic mass is 9.95. The van der Waals surface area contributed by atoms with E-state index in [1.165, 1.54) is 6.20 Å². The fourth-order valence-corrected chi connectivity index (χ4v) is 4.58. The van der Waals surface area contributed by atoms with Gasteiger partial charge < -0.3 is 10.1 Å². The van der Waals surface area contributed by atoms with Crippen molar-refractivity contribution in [2.75, 3.05) is 44.4 Å². The molecule has 2 aliphatic heterocycles. The van der Waals surface area contributed by atoms with Gasteiger partial charge in [0.1, 0.15) is 5.15 Å². The summed E-state index contributed by atoms with van der Waals surface area (Å²) in [6, 6.07) is 3.34. The van der Waals surface area contributed by atoms with Crippen LogP contribution >= 0.6 is 23.4 Å². The first-order valence-corrected chi connectivity index (χ1v) is 9.03. The molecule has 1 aromatic heterocycles. The number of amides is 1. The summed E-state index contributed by atoms with van der Waals surface area (Å²) in [5.74, 6) is 2.12. The van der Waals surface area contributed by atoms with Crippen LogP contribution in [0.2, 0.25) is 5.15 Å². The van der Waals surface area contributed by atoms with Gasteiger partial charge in [0.25, 0.3) is 5.91 Å². The molecule has 0 radical (unpaired) electrons. The highest BCUT2D eigenvalue weighted by atomic mass is 35.5. The average molecular weight is 342 g/mol. The SMILES string of the molecule is O=C(NC[C@]1(N2CCOCC2)CCSC1)c1ccc(Cl)nc1. The average Bonchev–Trinajstić information content (AvgIpc) is 3.04. The Labute approximate surface area is 139 Å². The largest absolute Gasteiger partial charge is 0.379 e. The molecule has 2 saturated heterocycles. The monoisotopic (exact) mass is 341 g/mol. The third-order valence-corrected chi connectivity index (χ3v) is 5.79. The molecule has 1 N–H and O–H groups in total. The second kappa shape index (κ2) is 7.17. The zero-order valence-corrected chi connectivity index (χ0v) is 14.0. The van der Waals surface area contributed by atoms with E-state index in [0.717, 1.165) is 44.2 Å². The second-order valence-corrected chi connectivity index (χ2v) is 7.17. The lowest BCUT2D eigenvalue weighted by Gasteiger charge is -2.43. The van der Waals surface area contributed by atoms with E-state index in [1.54, 1.807) is 12.1 Å². The van der Waals surface area contributed by atoms with Crippen molar-refractivity contribution < 1.29 is 9.53 Å². The number of nitrogens with one attached hydrogen (secondary N) is 1. The minimum Gasteiger partial charge on any atom is -0.379 e. The molecule has 3 rings (SSSR count). The summed E-state index contributed by atoms with van der Waals surface area (Å²) < 4.78 is 5.45. The van der Waals surface area contributed by atoms with E-state index in [0.29, 0.717) is 17.3 Å². The Kier molecular flexibility index (Phi) is 5.23. The first kappa shape index (κ1) is 16.1. The summed E-state index contributed by atoms with van der Waals surface area (Å²) in [5, 5.41) is 3.48. The van der Waals surface area contributed by atoms with Crippen LogP contribution in [0, 0.1) is 0 Å². The maximum Gasteiger partial charge on any atom is 0.252 e. The first-order valence-electron chi connectivity index (χ1n) is 7.50. The molecule has 2 aliphatic rings. The molecule has 0 spiro atoms. The highest BCUT2D eigenvalue weighted by molar-refractivity contribution is 7.99. The molecular formula is C15H20ClN3O2S. The first-order chi connectivity index (χ1) is 10.7. The van der Waals surface area contributed by atoms with E-state index >= 15 is 0 Å². The topological polar surface area (TPSA) is 54.5 Å². The van der Waals surface area contributed by atoms with Crippen molar-refractivity contribution >= 4 is 29.3 Å². The summed E-state index contributed by atoms with van der Waals surface area (Å²) in [4.78, 5) is 18.7. The molecule has 0 saturated carbocycles. The van der Waals surface area contributed by atoms with Crippen LogP contribution < -0.4 is 5.32 Å².